The molecule has 0 aromatic heterocycles. The number of halogens is 3. The topological polar surface area (TPSA) is 66.8 Å². The molecule has 0 saturated heterocycles. The van der Waals surface area contributed by atoms with Gasteiger partial charge in [0.05, 0.1) is 6.10 Å². The van der Waals surface area contributed by atoms with Crippen molar-refractivity contribution >= 4 is 24.7 Å². The van der Waals surface area contributed by atoms with Gasteiger partial charge in [-0.3, -0.25) is 4.79 Å². The van der Waals surface area contributed by atoms with E-state index in [2.05, 4.69) is 20.8 Å². The van der Waals surface area contributed by atoms with Crippen molar-refractivity contribution < 1.29 is 32.6 Å². The smallest absolute Gasteiger partial charge is 0.317 e. The summed E-state index contributed by atoms with van der Waals surface area (Å²) < 4.78 is 49.6. The molecule has 0 amide bonds. The summed E-state index contributed by atoms with van der Waals surface area (Å²) in [5, 5.41) is 23.9. The number of rotatable bonds is 11. The highest BCUT2D eigenvalue weighted by Crippen LogP contribution is 2.39. The number of aliphatic hydroxyl groups excluding tert-OH is 1. The third kappa shape index (κ3) is 5.93. The molecule has 0 aliphatic heterocycles. The van der Waals surface area contributed by atoms with Crippen LogP contribution in [0.25, 0.3) is 0 Å². The number of aliphatic hydroxyl groups is 1. The molecule has 0 radical (unpaired) electrons. The highest BCUT2D eigenvalue weighted by atomic mass is 28.4. The third-order valence-electron chi connectivity index (χ3n) is 7.90. The molecule has 0 saturated carbocycles. The van der Waals surface area contributed by atoms with Gasteiger partial charge in [0.15, 0.2) is 17.5 Å². The van der Waals surface area contributed by atoms with Gasteiger partial charge in [-0.25, -0.2) is 13.2 Å². The van der Waals surface area contributed by atoms with Crippen LogP contribution in [0.4, 0.5) is 13.2 Å². The molecule has 4 aromatic carbocycles. The van der Waals surface area contributed by atoms with Crippen LogP contribution in [0.5, 0.6) is 0 Å². The molecule has 42 heavy (non-hydrogen) atoms. The summed E-state index contributed by atoms with van der Waals surface area (Å²) in [4.78, 5) is 13.0. The van der Waals surface area contributed by atoms with Crippen LogP contribution < -0.4 is 10.4 Å². The maximum absolute atomic E-state index is 14.4. The molecular weight excluding hydrogens is 557 g/mol. The summed E-state index contributed by atoms with van der Waals surface area (Å²) in [5.74, 6) is -6.25. The fourth-order valence-electron chi connectivity index (χ4n) is 5.82. The number of hydrogen-bond acceptors (Lipinski definition) is 3. The van der Waals surface area contributed by atoms with Crippen LogP contribution in [0.2, 0.25) is 5.04 Å². The Kier molecular flexibility index (Phi) is 9.40. The van der Waals surface area contributed by atoms with E-state index in [4.69, 9.17) is 4.43 Å². The first-order chi connectivity index (χ1) is 19.9. The summed E-state index contributed by atoms with van der Waals surface area (Å²) in [6.45, 7) is 6.24. The minimum absolute atomic E-state index is 0.0373. The van der Waals surface area contributed by atoms with Gasteiger partial charge in [0.2, 0.25) is 0 Å². The van der Waals surface area contributed by atoms with Crippen molar-refractivity contribution in [3.63, 3.8) is 0 Å². The third-order valence-corrected chi connectivity index (χ3v) is 12.9. The Bertz CT molecular complexity index is 1430. The summed E-state index contributed by atoms with van der Waals surface area (Å²) in [7, 11) is -3.01. The SMILES string of the molecule is CC(C)(C)[Si](OCC[C@@H](O)[C@@](Cc1ccccc1)(C(=O)O)c1cc(F)c(F)c(F)c1)(c1ccccc1)c1ccccc1. The first kappa shape index (κ1) is 31.2. The van der Waals surface area contributed by atoms with E-state index in [9.17, 15) is 28.2 Å². The van der Waals surface area contributed by atoms with Crippen molar-refractivity contribution in [3.8, 4) is 0 Å². The molecule has 4 aromatic rings. The van der Waals surface area contributed by atoms with Gasteiger partial charge >= 0.3 is 5.97 Å². The lowest BCUT2D eigenvalue weighted by Gasteiger charge is -2.43. The summed E-state index contributed by atoms with van der Waals surface area (Å²) in [6, 6.07) is 29.5. The van der Waals surface area contributed by atoms with Gasteiger partial charge in [-0.2, -0.15) is 0 Å². The van der Waals surface area contributed by atoms with Crippen LogP contribution in [0.15, 0.2) is 103 Å². The standard InChI is InChI=1S/C34H35F3O4Si/c1-33(2,3)42(26-15-9-5-10-16-26,27-17-11-6-12-18-27)41-20-19-30(38)34(32(39)40,23-24-13-7-4-8-14-24)25-21-28(35)31(37)29(36)22-25/h4-18,21-22,30,38H,19-20,23H2,1-3H3,(H,39,40)/t30-,34+/m1/s1. The fourth-order valence-corrected chi connectivity index (χ4v) is 10.4. The van der Waals surface area contributed by atoms with Crippen LogP contribution in [0.1, 0.15) is 38.3 Å². The molecule has 2 N–H and O–H groups in total. The molecule has 220 valence electrons. The van der Waals surface area contributed by atoms with Gasteiger partial charge in [0.1, 0.15) is 5.41 Å². The first-order valence-electron chi connectivity index (χ1n) is 13.8. The van der Waals surface area contributed by atoms with Crippen LogP contribution in [-0.4, -0.2) is 37.2 Å². The molecule has 0 heterocycles. The zero-order valence-electron chi connectivity index (χ0n) is 23.9. The molecular formula is C34H35F3O4Si. The number of carbonyl (C=O) groups is 1. The van der Waals surface area contributed by atoms with Crippen molar-refractivity contribution in [1.82, 2.24) is 0 Å². The van der Waals surface area contributed by atoms with Crippen molar-refractivity contribution in [2.75, 3.05) is 6.61 Å². The Morgan fingerprint density at radius 3 is 1.69 bits per heavy atom. The zero-order chi connectivity index (χ0) is 30.5. The van der Waals surface area contributed by atoms with Gasteiger partial charge in [-0.1, -0.05) is 112 Å². The van der Waals surface area contributed by atoms with E-state index < -0.39 is 43.3 Å². The van der Waals surface area contributed by atoms with E-state index in [0.29, 0.717) is 17.7 Å². The highest BCUT2D eigenvalue weighted by molar-refractivity contribution is 6.99. The van der Waals surface area contributed by atoms with Gasteiger partial charge in [-0.05, 0) is 51.5 Å². The maximum atomic E-state index is 14.4. The van der Waals surface area contributed by atoms with Gasteiger partial charge in [-0.15, -0.1) is 0 Å². The number of hydrogen-bond donors (Lipinski definition) is 2. The van der Waals surface area contributed by atoms with Gasteiger partial charge < -0.3 is 14.6 Å². The lowest BCUT2D eigenvalue weighted by molar-refractivity contribution is -0.149. The van der Waals surface area contributed by atoms with Crippen LogP contribution in [-0.2, 0) is 21.1 Å². The zero-order valence-corrected chi connectivity index (χ0v) is 24.9. The van der Waals surface area contributed by atoms with Gasteiger partial charge in [0.25, 0.3) is 8.32 Å². The monoisotopic (exact) mass is 592 g/mol. The van der Waals surface area contributed by atoms with E-state index >= 15 is 0 Å². The van der Waals surface area contributed by atoms with Crippen LogP contribution >= 0.6 is 0 Å². The van der Waals surface area contributed by atoms with Crippen molar-refractivity contribution in [2.45, 2.75) is 50.2 Å². The molecule has 4 nitrogen and oxygen atoms in total. The Hall–Kier alpha value is -3.72. The minimum Gasteiger partial charge on any atom is -0.480 e. The van der Waals surface area contributed by atoms with Crippen molar-refractivity contribution in [2.24, 2.45) is 0 Å². The summed E-state index contributed by atoms with van der Waals surface area (Å²) in [5.41, 5.74) is -2.03. The number of aliphatic carboxylic acids is 1. The van der Waals surface area contributed by atoms with Crippen LogP contribution in [0, 0.1) is 17.5 Å². The molecule has 0 fully saturated rings. The van der Waals surface area contributed by atoms with E-state index in [0.717, 1.165) is 10.4 Å². The number of carboxylic acid groups (broad SMARTS) is 1. The fraction of sp³-hybridized carbons (Fsp3) is 0.265. The highest BCUT2D eigenvalue weighted by Gasteiger charge is 2.51. The number of benzene rings is 4. The van der Waals surface area contributed by atoms with Crippen LogP contribution in [0.3, 0.4) is 0 Å². The molecule has 2 atom stereocenters. The normalized spacial score (nSPS) is 14.3. The largest absolute Gasteiger partial charge is 0.480 e. The Balaban J connectivity index is 1.77. The second-order valence-corrected chi connectivity index (χ2v) is 15.8. The quantitative estimate of drug-likeness (QED) is 0.166. The molecule has 8 heteroatoms. The van der Waals surface area contributed by atoms with Crippen molar-refractivity contribution in [3.05, 3.63) is 132 Å². The molecule has 0 aliphatic rings. The van der Waals surface area contributed by atoms with E-state index in [1.807, 2.05) is 60.7 Å². The Morgan fingerprint density at radius 2 is 1.26 bits per heavy atom. The second kappa shape index (κ2) is 12.6. The van der Waals surface area contributed by atoms with Crippen molar-refractivity contribution in [1.29, 1.82) is 0 Å². The molecule has 0 aliphatic carbocycles. The lowest BCUT2D eigenvalue weighted by Crippen LogP contribution is -2.66. The average molecular weight is 593 g/mol. The summed E-state index contributed by atoms with van der Waals surface area (Å²) in [6.07, 6.45) is -2.09. The predicted molar refractivity (Wildman–Crippen MR) is 160 cm³/mol. The molecule has 0 spiro atoms. The number of carboxylic acids is 1. The van der Waals surface area contributed by atoms with E-state index in [1.54, 1.807) is 30.3 Å². The first-order valence-corrected chi connectivity index (χ1v) is 15.7. The minimum atomic E-state index is -3.01. The maximum Gasteiger partial charge on any atom is 0.317 e. The summed E-state index contributed by atoms with van der Waals surface area (Å²) >= 11 is 0. The molecule has 0 bridgehead atoms. The second-order valence-electron chi connectivity index (χ2n) is 11.5. The molecule has 0 unspecified atom stereocenters. The molecule has 4 rings (SSSR count). The average Bonchev–Trinajstić information content (AvgIpc) is 2.97. The Morgan fingerprint density at radius 1 is 0.810 bits per heavy atom. The predicted octanol–water partition coefficient (Wildman–Crippen LogP) is 6.00. The lowest BCUT2D eigenvalue weighted by atomic mass is 9.70. The van der Waals surface area contributed by atoms with E-state index in [1.165, 1.54) is 0 Å². The van der Waals surface area contributed by atoms with E-state index in [-0.39, 0.29) is 30.1 Å². The Labute approximate surface area is 245 Å². The van der Waals surface area contributed by atoms with Gasteiger partial charge in [0, 0.05) is 6.61 Å².